The molecule has 3 amide bonds. The van der Waals surface area contributed by atoms with Gasteiger partial charge in [0.05, 0.1) is 18.5 Å². The average Bonchev–Trinajstić information content (AvgIpc) is 3.49. The van der Waals surface area contributed by atoms with Crippen LogP contribution >= 0.6 is 15.9 Å². The number of halogens is 1. The van der Waals surface area contributed by atoms with Crippen LogP contribution in [0.4, 0.5) is 10.5 Å². The maximum absolute atomic E-state index is 12.2. The van der Waals surface area contributed by atoms with Gasteiger partial charge in [0.25, 0.3) is 5.91 Å². The SMILES string of the molecule is O=C(NCc1cccc(NC(=O)c2ccco2)c1)NCc1nnnn1-c1ccc(Br)cc1. The summed E-state index contributed by atoms with van der Waals surface area (Å²) in [5.74, 6) is 0.366. The summed E-state index contributed by atoms with van der Waals surface area (Å²) in [5.41, 5.74) is 2.20. The quantitative estimate of drug-likeness (QED) is 0.361. The minimum Gasteiger partial charge on any atom is -0.459 e. The van der Waals surface area contributed by atoms with Crippen molar-refractivity contribution in [3.05, 3.63) is 88.5 Å². The number of nitrogens with one attached hydrogen (secondary N) is 3. The highest BCUT2D eigenvalue weighted by molar-refractivity contribution is 9.10. The van der Waals surface area contributed by atoms with Gasteiger partial charge in [-0.25, -0.2) is 4.79 Å². The van der Waals surface area contributed by atoms with Crippen LogP contribution in [0.25, 0.3) is 5.69 Å². The minimum atomic E-state index is -0.375. The number of nitrogens with zero attached hydrogens (tertiary/aromatic N) is 4. The molecule has 4 rings (SSSR count). The van der Waals surface area contributed by atoms with Crippen LogP contribution in [-0.4, -0.2) is 32.1 Å². The Morgan fingerprint density at radius 3 is 2.59 bits per heavy atom. The molecule has 11 heteroatoms. The molecule has 0 saturated heterocycles. The zero-order valence-corrected chi connectivity index (χ0v) is 18.2. The molecule has 0 aliphatic carbocycles. The summed E-state index contributed by atoms with van der Waals surface area (Å²) in [4.78, 5) is 24.3. The maximum atomic E-state index is 12.2. The van der Waals surface area contributed by atoms with Gasteiger partial charge >= 0.3 is 6.03 Å². The van der Waals surface area contributed by atoms with Gasteiger partial charge in [-0.05, 0) is 64.5 Å². The van der Waals surface area contributed by atoms with Gasteiger partial charge in [-0.15, -0.1) is 5.10 Å². The largest absolute Gasteiger partial charge is 0.459 e. The molecule has 2 aromatic heterocycles. The van der Waals surface area contributed by atoms with Crippen molar-refractivity contribution in [2.75, 3.05) is 5.32 Å². The Kier molecular flexibility index (Phi) is 6.56. The van der Waals surface area contributed by atoms with Crippen LogP contribution < -0.4 is 16.0 Å². The van der Waals surface area contributed by atoms with Gasteiger partial charge in [-0.3, -0.25) is 4.79 Å². The number of hydrogen-bond donors (Lipinski definition) is 3. The summed E-state index contributed by atoms with van der Waals surface area (Å²) >= 11 is 3.39. The van der Waals surface area contributed by atoms with E-state index in [0.717, 1.165) is 15.7 Å². The van der Waals surface area contributed by atoms with Crippen LogP contribution in [-0.2, 0) is 13.1 Å². The Morgan fingerprint density at radius 2 is 1.81 bits per heavy atom. The fourth-order valence-corrected chi connectivity index (χ4v) is 3.13. The van der Waals surface area contributed by atoms with E-state index in [1.54, 1.807) is 35.0 Å². The molecule has 0 atom stereocenters. The first-order chi connectivity index (χ1) is 15.6. The Labute approximate surface area is 191 Å². The molecule has 162 valence electrons. The molecule has 0 fully saturated rings. The zero-order valence-electron chi connectivity index (χ0n) is 16.7. The third kappa shape index (κ3) is 5.38. The Balaban J connectivity index is 1.29. The molecule has 0 saturated carbocycles. The second-order valence-corrected chi connectivity index (χ2v) is 7.57. The number of rotatable bonds is 7. The van der Waals surface area contributed by atoms with Gasteiger partial charge in [0.2, 0.25) is 0 Å². The van der Waals surface area contributed by atoms with Crippen molar-refractivity contribution >= 4 is 33.6 Å². The summed E-state index contributed by atoms with van der Waals surface area (Å²) in [5, 5.41) is 19.9. The molecule has 2 aromatic carbocycles. The van der Waals surface area contributed by atoms with E-state index in [4.69, 9.17) is 4.42 Å². The lowest BCUT2D eigenvalue weighted by molar-refractivity contribution is 0.0996. The van der Waals surface area contributed by atoms with E-state index in [1.165, 1.54) is 6.26 Å². The van der Waals surface area contributed by atoms with E-state index in [2.05, 4.69) is 47.4 Å². The molecule has 32 heavy (non-hydrogen) atoms. The normalized spacial score (nSPS) is 10.5. The predicted molar refractivity (Wildman–Crippen MR) is 119 cm³/mol. The number of aromatic nitrogens is 4. The van der Waals surface area contributed by atoms with Gasteiger partial charge in [0.1, 0.15) is 0 Å². The first-order valence-electron chi connectivity index (χ1n) is 9.57. The zero-order chi connectivity index (χ0) is 22.3. The van der Waals surface area contributed by atoms with Crippen LogP contribution in [0.5, 0.6) is 0 Å². The number of benzene rings is 2. The van der Waals surface area contributed by atoms with Crippen molar-refractivity contribution in [1.82, 2.24) is 30.8 Å². The average molecular weight is 496 g/mol. The highest BCUT2D eigenvalue weighted by Crippen LogP contribution is 2.14. The number of tetrazole rings is 1. The number of anilines is 1. The van der Waals surface area contributed by atoms with E-state index in [9.17, 15) is 9.59 Å². The summed E-state index contributed by atoms with van der Waals surface area (Å²) in [6.45, 7) is 0.419. The highest BCUT2D eigenvalue weighted by Gasteiger charge is 2.11. The highest BCUT2D eigenvalue weighted by atomic mass is 79.9. The van der Waals surface area contributed by atoms with Crippen LogP contribution in [0.15, 0.2) is 75.8 Å². The number of urea groups is 1. The van der Waals surface area contributed by atoms with Gasteiger partial charge in [0, 0.05) is 16.7 Å². The first-order valence-corrected chi connectivity index (χ1v) is 10.4. The van der Waals surface area contributed by atoms with Crippen LogP contribution in [0.1, 0.15) is 21.9 Å². The lowest BCUT2D eigenvalue weighted by atomic mass is 10.2. The molecule has 3 N–H and O–H groups in total. The third-order valence-electron chi connectivity index (χ3n) is 4.40. The number of furan rings is 1. The second-order valence-electron chi connectivity index (χ2n) is 6.65. The lowest BCUT2D eigenvalue weighted by Gasteiger charge is -2.09. The van der Waals surface area contributed by atoms with Crippen LogP contribution in [0.3, 0.4) is 0 Å². The molecule has 0 radical (unpaired) electrons. The van der Waals surface area contributed by atoms with Gasteiger partial charge < -0.3 is 20.4 Å². The summed E-state index contributed by atoms with van der Waals surface area (Å²) in [6.07, 6.45) is 1.44. The van der Waals surface area contributed by atoms with Crippen molar-refractivity contribution in [2.24, 2.45) is 0 Å². The first kappa shape index (κ1) is 21.2. The Bertz CT molecular complexity index is 1210. The van der Waals surface area contributed by atoms with Gasteiger partial charge in [-0.2, -0.15) is 4.68 Å². The van der Waals surface area contributed by atoms with Crippen molar-refractivity contribution in [3.63, 3.8) is 0 Å². The van der Waals surface area contributed by atoms with Crippen molar-refractivity contribution in [3.8, 4) is 5.69 Å². The number of carbonyl (C=O) groups is 2. The topological polar surface area (TPSA) is 127 Å². The molecule has 0 aliphatic heterocycles. The molecule has 4 aromatic rings. The monoisotopic (exact) mass is 495 g/mol. The van der Waals surface area contributed by atoms with E-state index in [0.29, 0.717) is 11.5 Å². The van der Waals surface area contributed by atoms with Crippen molar-refractivity contribution < 1.29 is 14.0 Å². The summed E-state index contributed by atoms with van der Waals surface area (Å²) < 4.78 is 7.58. The Morgan fingerprint density at radius 1 is 1.00 bits per heavy atom. The molecule has 0 unspecified atom stereocenters. The maximum Gasteiger partial charge on any atom is 0.315 e. The van der Waals surface area contributed by atoms with Crippen LogP contribution in [0, 0.1) is 0 Å². The lowest BCUT2D eigenvalue weighted by Crippen LogP contribution is -2.35. The predicted octanol–water partition coefficient (Wildman–Crippen LogP) is 3.27. The molecule has 0 aliphatic rings. The minimum absolute atomic E-state index is 0.147. The molecule has 0 bridgehead atoms. The second kappa shape index (κ2) is 9.88. The standard InChI is InChI=1S/C21H18BrN7O3/c22-15-6-8-17(9-7-15)29-19(26-27-28-29)13-24-21(31)23-12-14-3-1-4-16(11-14)25-20(30)18-5-2-10-32-18/h1-11H,12-13H2,(H,25,30)(H2,23,24,31). The number of hydrogen-bond acceptors (Lipinski definition) is 6. The third-order valence-corrected chi connectivity index (χ3v) is 4.92. The number of carbonyl (C=O) groups excluding carboxylic acids is 2. The van der Waals surface area contributed by atoms with Gasteiger partial charge in [-0.1, -0.05) is 28.1 Å². The van der Waals surface area contributed by atoms with Crippen molar-refractivity contribution in [2.45, 2.75) is 13.1 Å². The van der Waals surface area contributed by atoms with Crippen LogP contribution in [0.2, 0.25) is 0 Å². The van der Waals surface area contributed by atoms with E-state index in [-0.39, 0.29) is 30.8 Å². The molecule has 0 spiro atoms. The molecular weight excluding hydrogens is 478 g/mol. The Hall–Kier alpha value is -3.99. The summed E-state index contributed by atoms with van der Waals surface area (Å²) in [6, 6.07) is 17.5. The van der Waals surface area contributed by atoms with Crippen molar-refractivity contribution in [1.29, 1.82) is 0 Å². The van der Waals surface area contributed by atoms with Gasteiger partial charge in [0.15, 0.2) is 11.6 Å². The van der Waals surface area contributed by atoms with E-state index in [1.807, 2.05) is 30.3 Å². The fourth-order valence-electron chi connectivity index (χ4n) is 2.86. The summed E-state index contributed by atoms with van der Waals surface area (Å²) in [7, 11) is 0. The number of amides is 3. The smallest absolute Gasteiger partial charge is 0.315 e. The fraction of sp³-hybridized carbons (Fsp3) is 0.0952. The molecule has 10 nitrogen and oxygen atoms in total. The van der Waals surface area contributed by atoms with E-state index < -0.39 is 0 Å². The molecular formula is C21H18BrN7O3. The molecule has 2 heterocycles. The van der Waals surface area contributed by atoms with E-state index >= 15 is 0 Å².